The van der Waals surface area contributed by atoms with Crippen LogP contribution in [-0.2, 0) is 11.3 Å². The molecule has 5 nitrogen and oxygen atoms in total. The molecule has 2 aliphatic heterocycles. The number of carbonyl (C=O) groups is 1. The quantitative estimate of drug-likeness (QED) is 0.920. The summed E-state index contributed by atoms with van der Waals surface area (Å²) in [5.74, 6) is 1.06. The number of pyridine rings is 1. The first kappa shape index (κ1) is 17.0. The van der Waals surface area contributed by atoms with E-state index in [0.29, 0.717) is 17.7 Å². The lowest BCUT2D eigenvalue weighted by atomic mass is 9.89. The van der Waals surface area contributed by atoms with Crippen molar-refractivity contribution in [3.8, 4) is 0 Å². The van der Waals surface area contributed by atoms with Gasteiger partial charge in [-0.2, -0.15) is 0 Å². The van der Waals surface area contributed by atoms with E-state index in [0.717, 1.165) is 37.3 Å². The summed E-state index contributed by atoms with van der Waals surface area (Å²) in [5.41, 5.74) is 7.89. The van der Waals surface area contributed by atoms with Crippen molar-refractivity contribution in [3.63, 3.8) is 0 Å². The Bertz CT molecular complexity index is 827. The molecular formula is C20H23FN4O. The van der Waals surface area contributed by atoms with Gasteiger partial charge in [0.05, 0.1) is 6.04 Å². The van der Waals surface area contributed by atoms with Gasteiger partial charge in [-0.05, 0) is 29.7 Å². The molecule has 1 aromatic heterocycles. The van der Waals surface area contributed by atoms with E-state index in [1.54, 1.807) is 25.3 Å². The Hall–Kier alpha value is -2.47. The Morgan fingerprint density at radius 1 is 1.27 bits per heavy atom. The molecule has 26 heavy (non-hydrogen) atoms. The summed E-state index contributed by atoms with van der Waals surface area (Å²) in [6.45, 7) is 4.85. The van der Waals surface area contributed by atoms with Gasteiger partial charge in [0.15, 0.2) is 0 Å². The minimum atomic E-state index is -0.257. The Morgan fingerprint density at radius 3 is 2.85 bits per heavy atom. The Labute approximate surface area is 152 Å². The van der Waals surface area contributed by atoms with Gasteiger partial charge >= 0.3 is 0 Å². The maximum Gasteiger partial charge on any atom is 0.219 e. The van der Waals surface area contributed by atoms with Gasteiger partial charge in [0.25, 0.3) is 0 Å². The minimum absolute atomic E-state index is 0.0525. The first-order chi connectivity index (χ1) is 12.5. The van der Waals surface area contributed by atoms with Gasteiger partial charge in [0.2, 0.25) is 5.91 Å². The Morgan fingerprint density at radius 2 is 2.12 bits per heavy atom. The number of likely N-dealkylation sites (tertiary alicyclic amines) is 2. The summed E-state index contributed by atoms with van der Waals surface area (Å²) in [4.78, 5) is 20.6. The molecule has 6 heteroatoms. The molecule has 2 aliphatic rings. The highest BCUT2D eigenvalue weighted by atomic mass is 19.1. The summed E-state index contributed by atoms with van der Waals surface area (Å²) >= 11 is 0. The molecule has 0 aliphatic carbocycles. The number of fused-ring (bicyclic) bond motifs is 1. The molecule has 0 spiro atoms. The van der Waals surface area contributed by atoms with Gasteiger partial charge in [-0.3, -0.25) is 9.69 Å². The molecule has 1 amide bonds. The normalized spacial score (nSPS) is 25.5. The van der Waals surface area contributed by atoms with Gasteiger partial charge in [-0.15, -0.1) is 0 Å². The molecule has 136 valence electrons. The molecule has 4 rings (SSSR count). The van der Waals surface area contributed by atoms with Crippen molar-refractivity contribution in [1.29, 1.82) is 0 Å². The number of nitrogens with zero attached hydrogens (tertiary/aromatic N) is 3. The van der Waals surface area contributed by atoms with Crippen LogP contribution in [0.2, 0.25) is 0 Å². The minimum Gasteiger partial charge on any atom is -0.383 e. The largest absolute Gasteiger partial charge is 0.383 e. The number of anilines is 1. The number of halogens is 1. The lowest BCUT2D eigenvalue weighted by Gasteiger charge is -2.29. The molecule has 2 aromatic rings. The molecule has 2 fully saturated rings. The van der Waals surface area contributed by atoms with Gasteiger partial charge in [-0.25, -0.2) is 9.37 Å². The van der Waals surface area contributed by atoms with E-state index in [9.17, 15) is 9.18 Å². The molecule has 2 N–H and O–H groups in total. The van der Waals surface area contributed by atoms with Crippen molar-refractivity contribution < 1.29 is 9.18 Å². The second-order valence-electron chi connectivity index (χ2n) is 7.34. The van der Waals surface area contributed by atoms with Crippen LogP contribution in [0.5, 0.6) is 0 Å². The fraction of sp³-hybridized carbons (Fsp3) is 0.400. The summed E-state index contributed by atoms with van der Waals surface area (Å²) in [6, 6.07) is 10.5. The van der Waals surface area contributed by atoms with E-state index < -0.39 is 0 Å². The number of carbonyl (C=O) groups excluding carboxylic acids is 1. The van der Waals surface area contributed by atoms with Gasteiger partial charge < -0.3 is 10.6 Å². The first-order valence-electron chi connectivity index (χ1n) is 8.97. The third kappa shape index (κ3) is 3.05. The van der Waals surface area contributed by atoms with Crippen molar-refractivity contribution in [1.82, 2.24) is 14.8 Å². The van der Waals surface area contributed by atoms with Crippen LogP contribution in [0, 0.1) is 17.7 Å². The number of benzene rings is 1. The number of aromatic nitrogens is 1. The van der Waals surface area contributed by atoms with Crippen molar-refractivity contribution in [2.45, 2.75) is 19.5 Å². The fourth-order valence-electron chi connectivity index (χ4n) is 4.53. The van der Waals surface area contributed by atoms with Gasteiger partial charge in [0.1, 0.15) is 11.6 Å². The summed E-state index contributed by atoms with van der Waals surface area (Å²) in [7, 11) is 0. The summed E-state index contributed by atoms with van der Waals surface area (Å²) < 4.78 is 13.8. The summed E-state index contributed by atoms with van der Waals surface area (Å²) in [6.07, 6.45) is 1.70. The standard InChI is InChI=1S/C20H23FN4O/c1-13(26)25-11-16-10-24(9-15-5-3-7-23-20(15)22)12-18(16)19(25)14-4-2-6-17(21)8-14/h2-8,16,18-19H,9-12H2,1H3,(H2,22,23)/t16-,18-,19-/m1/s1. The lowest BCUT2D eigenvalue weighted by Crippen LogP contribution is -2.34. The van der Waals surface area contributed by atoms with Crippen molar-refractivity contribution in [3.05, 3.63) is 59.5 Å². The second kappa shape index (κ2) is 6.68. The van der Waals surface area contributed by atoms with E-state index >= 15 is 0 Å². The van der Waals surface area contributed by atoms with Crippen LogP contribution >= 0.6 is 0 Å². The molecule has 3 atom stereocenters. The van der Waals surface area contributed by atoms with Crippen LogP contribution in [0.15, 0.2) is 42.6 Å². The summed E-state index contributed by atoms with van der Waals surface area (Å²) in [5, 5.41) is 0. The zero-order valence-electron chi connectivity index (χ0n) is 14.8. The topological polar surface area (TPSA) is 62.5 Å². The molecule has 2 saturated heterocycles. The number of nitrogen functional groups attached to an aromatic ring is 1. The predicted octanol–water partition coefficient (Wildman–Crippen LogP) is 2.45. The van der Waals surface area contributed by atoms with E-state index in [1.165, 1.54) is 6.07 Å². The highest BCUT2D eigenvalue weighted by Gasteiger charge is 2.48. The van der Waals surface area contributed by atoms with Crippen LogP contribution in [-0.4, -0.2) is 40.3 Å². The smallest absolute Gasteiger partial charge is 0.219 e. The van der Waals surface area contributed by atoms with E-state index in [-0.39, 0.29) is 17.8 Å². The zero-order chi connectivity index (χ0) is 18.3. The fourth-order valence-corrected chi connectivity index (χ4v) is 4.53. The average Bonchev–Trinajstić information content (AvgIpc) is 3.14. The maximum atomic E-state index is 13.8. The van der Waals surface area contributed by atoms with Crippen LogP contribution < -0.4 is 5.73 Å². The second-order valence-corrected chi connectivity index (χ2v) is 7.34. The highest BCUT2D eigenvalue weighted by molar-refractivity contribution is 5.74. The number of nitrogens with two attached hydrogens (primary N) is 1. The van der Waals surface area contributed by atoms with E-state index in [1.807, 2.05) is 23.1 Å². The van der Waals surface area contributed by atoms with Crippen LogP contribution in [0.3, 0.4) is 0 Å². The van der Waals surface area contributed by atoms with E-state index in [2.05, 4.69) is 9.88 Å². The third-order valence-corrected chi connectivity index (χ3v) is 5.65. The number of hydrogen-bond donors (Lipinski definition) is 1. The van der Waals surface area contributed by atoms with Crippen LogP contribution in [0.1, 0.15) is 24.1 Å². The van der Waals surface area contributed by atoms with Crippen molar-refractivity contribution in [2.75, 3.05) is 25.4 Å². The highest BCUT2D eigenvalue weighted by Crippen LogP contribution is 2.45. The SMILES string of the molecule is CC(=O)N1C[C@H]2CN(Cc3cccnc3N)C[C@H]2[C@H]1c1cccc(F)c1. The molecule has 0 saturated carbocycles. The number of amides is 1. The van der Waals surface area contributed by atoms with E-state index in [4.69, 9.17) is 5.73 Å². The first-order valence-corrected chi connectivity index (χ1v) is 8.97. The van der Waals surface area contributed by atoms with Crippen molar-refractivity contribution in [2.24, 2.45) is 11.8 Å². The van der Waals surface area contributed by atoms with Crippen molar-refractivity contribution >= 4 is 11.7 Å². The lowest BCUT2D eigenvalue weighted by molar-refractivity contribution is -0.130. The number of rotatable bonds is 3. The molecule has 3 heterocycles. The molecule has 0 unspecified atom stereocenters. The predicted molar refractivity (Wildman–Crippen MR) is 97.4 cm³/mol. The number of hydrogen-bond acceptors (Lipinski definition) is 4. The third-order valence-electron chi connectivity index (χ3n) is 5.65. The Kier molecular flexibility index (Phi) is 4.36. The molecule has 1 aromatic carbocycles. The Balaban J connectivity index is 1.57. The molecule has 0 bridgehead atoms. The maximum absolute atomic E-state index is 13.8. The van der Waals surface area contributed by atoms with Gasteiger partial charge in [-0.1, -0.05) is 18.2 Å². The van der Waals surface area contributed by atoms with Gasteiger partial charge in [0, 0.05) is 50.8 Å². The monoisotopic (exact) mass is 354 g/mol. The van der Waals surface area contributed by atoms with Crippen LogP contribution in [0.4, 0.5) is 10.2 Å². The molecule has 0 radical (unpaired) electrons. The average molecular weight is 354 g/mol. The molecular weight excluding hydrogens is 331 g/mol. The van der Waals surface area contributed by atoms with Crippen LogP contribution in [0.25, 0.3) is 0 Å². The zero-order valence-corrected chi connectivity index (χ0v) is 14.8.